The van der Waals surface area contributed by atoms with Gasteiger partial charge in [-0.15, -0.1) is 0 Å². The van der Waals surface area contributed by atoms with Crippen molar-refractivity contribution in [3.05, 3.63) is 60.4 Å². The molecule has 0 spiro atoms. The first-order valence-corrected chi connectivity index (χ1v) is 5.26. The van der Waals surface area contributed by atoms with Gasteiger partial charge in [0.1, 0.15) is 5.82 Å². The largest absolute Gasteiger partial charge is 0.301 e. The number of hydrogen-bond acceptors (Lipinski definition) is 1. The summed E-state index contributed by atoms with van der Waals surface area (Å²) in [5.41, 5.74) is 2.19. The van der Waals surface area contributed by atoms with Crippen molar-refractivity contribution in [1.82, 2.24) is 9.55 Å². The van der Waals surface area contributed by atoms with Crippen molar-refractivity contribution in [1.29, 1.82) is 0 Å². The van der Waals surface area contributed by atoms with E-state index in [1.807, 2.05) is 43.5 Å². The number of fused-ring (bicyclic) bond motifs is 1. The molecule has 0 aliphatic carbocycles. The van der Waals surface area contributed by atoms with E-state index in [0.717, 1.165) is 17.0 Å². The maximum atomic E-state index is 4.52. The SMILES string of the molecule is Cc1cccc(-n2ccc3c[c]ccc32)n1. The van der Waals surface area contributed by atoms with Gasteiger partial charge in [0.25, 0.3) is 0 Å². The van der Waals surface area contributed by atoms with Crippen LogP contribution in [0.3, 0.4) is 0 Å². The Kier molecular flexibility index (Phi) is 2.00. The number of hydrogen-bond donors (Lipinski definition) is 0. The van der Waals surface area contributed by atoms with Crippen molar-refractivity contribution in [3.8, 4) is 5.82 Å². The Morgan fingerprint density at radius 3 is 3.00 bits per heavy atom. The molecule has 0 saturated carbocycles. The minimum Gasteiger partial charge on any atom is -0.301 e. The van der Waals surface area contributed by atoms with Gasteiger partial charge in [0.2, 0.25) is 0 Å². The van der Waals surface area contributed by atoms with Gasteiger partial charge in [0, 0.05) is 17.3 Å². The summed E-state index contributed by atoms with van der Waals surface area (Å²) in [5, 5.41) is 1.19. The number of aromatic nitrogens is 2. The van der Waals surface area contributed by atoms with Gasteiger partial charge in [0.15, 0.2) is 0 Å². The summed E-state index contributed by atoms with van der Waals surface area (Å²) >= 11 is 0. The normalized spacial score (nSPS) is 10.8. The number of aryl methyl sites for hydroxylation is 1. The molecule has 1 radical (unpaired) electrons. The average molecular weight is 207 g/mol. The Hall–Kier alpha value is -2.09. The molecule has 1 aromatic carbocycles. The second-order valence-corrected chi connectivity index (χ2v) is 3.81. The quantitative estimate of drug-likeness (QED) is 0.599. The summed E-state index contributed by atoms with van der Waals surface area (Å²) in [5.74, 6) is 0.959. The number of pyridine rings is 1. The van der Waals surface area contributed by atoms with Crippen molar-refractivity contribution in [2.24, 2.45) is 0 Å². The highest BCUT2D eigenvalue weighted by Gasteiger charge is 2.02. The van der Waals surface area contributed by atoms with E-state index in [9.17, 15) is 0 Å². The zero-order chi connectivity index (χ0) is 11.0. The third kappa shape index (κ3) is 1.39. The Labute approximate surface area is 94.2 Å². The molecule has 0 N–H and O–H groups in total. The Morgan fingerprint density at radius 1 is 1.19 bits per heavy atom. The standard InChI is InChI=1S/C14H11N2/c1-11-5-4-8-14(15-11)16-10-9-12-6-2-3-7-13(12)16/h3-10H,1H3. The highest BCUT2D eigenvalue weighted by atomic mass is 15.0. The molecule has 3 rings (SSSR count). The van der Waals surface area contributed by atoms with E-state index in [1.54, 1.807) is 0 Å². The molecule has 0 fully saturated rings. The van der Waals surface area contributed by atoms with Crippen LogP contribution in [0, 0.1) is 13.0 Å². The first-order chi connectivity index (χ1) is 7.84. The second-order valence-electron chi connectivity index (χ2n) is 3.81. The summed E-state index contributed by atoms with van der Waals surface area (Å²) in [7, 11) is 0. The zero-order valence-electron chi connectivity index (χ0n) is 9.01. The molecule has 2 heteroatoms. The third-order valence-corrected chi connectivity index (χ3v) is 2.66. The summed E-state index contributed by atoms with van der Waals surface area (Å²) in [6.07, 6.45) is 2.04. The predicted molar refractivity (Wildman–Crippen MR) is 64.6 cm³/mol. The van der Waals surface area contributed by atoms with Gasteiger partial charge < -0.3 is 4.57 Å². The average Bonchev–Trinajstić information content (AvgIpc) is 2.72. The van der Waals surface area contributed by atoms with Crippen molar-refractivity contribution in [2.45, 2.75) is 6.92 Å². The van der Waals surface area contributed by atoms with Crippen molar-refractivity contribution >= 4 is 10.9 Å². The van der Waals surface area contributed by atoms with E-state index in [2.05, 4.69) is 27.8 Å². The van der Waals surface area contributed by atoms with Crippen molar-refractivity contribution in [2.75, 3.05) is 0 Å². The zero-order valence-corrected chi connectivity index (χ0v) is 9.01. The van der Waals surface area contributed by atoms with Crippen LogP contribution >= 0.6 is 0 Å². The van der Waals surface area contributed by atoms with Gasteiger partial charge in [-0.25, -0.2) is 4.98 Å². The van der Waals surface area contributed by atoms with Crippen LogP contribution in [0.2, 0.25) is 0 Å². The minimum absolute atomic E-state index is 0.959. The molecule has 0 atom stereocenters. The van der Waals surface area contributed by atoms with Crippen LogP contribution in [0.25, 0.3) is 16.7 Å². The van der Waals surface area contributed by atoms with Gasteiger partial charge in [-0.2, -0.15) is 0 Å². The lowest BCUT2D eigenvalue weighted by molar-refractivity contribution is 1.02. The molecular formula is C14H11N2. The molecule has 0 aliphatic rings. The molecule has 0 aliphatic heterocycles. The molecule has 2 heterocycles. The molecule has 2 nitrogen and oxygen atoms in total. The minimum atomic E-state index is 0.959. The van der Waals surface area contributed by atoms with Crippen LogP contribution in [0.5, 0.6) is 0 Å². The van der Waals surface area contributed by atoms with Crippen LogP contribution in [-0.2, 0) is 0 Å². The molecule has 0 bridgehead atoms. The van der Waals surface area contributed by atoms with E-state index >= 15 is 0 Å². The molecule has 3 aromatic rings. The first-order valence-electron chi connectivity index (χ1n) is 5.26. The first kappa shape index (κ1) is 9.16. The molecule has 16 heavy (non-hydrogen) atoms. The van der Waals surface area contributed by atoms with Gasteiger partial charge >= 0.3 is 0 Å². The van der Waals surface area contributed by atoms with E-state index in [1.165, 1.54) is 5.39 Å². The lowest BCUT2D eigenvalue weighted by Crippen LogP contribution is -1.96. The third-order valence-electron chi connectivity index (χ3n) is 2.66. The Bertz CT molecular complexity index is 638. The molecule has 77 valence electrons. The van der Waals surface area contributed by atoms with Crippen LogP contribution in [-0.4, -0.2) is 9.55 Å². The highest BCUT2D eigenvalue weighted by Crippen LogP contribution is 2.18. The number of benzene rings is 1. The number of nitrogens with zero attached hydrogens (tertiary/aromatic N) is 2. The van der Waals surface area contributed by atoms with Crippen LogP contribution in [0.15, 0.2) is 48.7 Å². The summed E-state index contributed by atoms with van der Waals surface area (Å²) in [6, 6.07) is 17.2. The molecule has 0 amide bonds. The van der Waals surface area contributed by atoms with E-state index in [0.29, 0.717) is 0 Å². The summed E-state index contributed by atoms with van der Waals surface area (Å²) in [6.45, 7) is 2.00. The fourth-order valence-corrected chi connectivity index (χ4v) is 1.89. The van der Waals surface area contributed by atoms with Crippen LogP contribution in [0.1, 0.15) is 5.69 Å². The van der Waals surface area contributed by atoms with Gasteiger partial charge in [0.05, 0.1) is 5.52 Å². The van der Waals surface area contributed by atoms with Crippen LogP contribution < -0.4 is 0 Å². The van der Waals surface area contributed by atoms with Crippen molar-refractivity contribution in [3.63, 3.8) is 0 Å². The fraction of sp³-hybridized carbons (Fsp3) is 0.0714. The Morgan fingerprint density at radius 2 is 2.12 bits per heavy atom. The van der Waals surface area contributed by atoms with Crippen molar-refractivity contribution < 1.29 is 0 Å². The lowest BCUT2D eigenvalue weighted by Gasteiger charge is -2.04. The molecular weight excluding hydrogens is 196 g/mol. The summed E-state index contributed by atoms with van der Waals surface area (Å²) < 4.78 is 2.09. The lowest BCUT2D eigenvalue weighted by atomic mass is 10.2. The number of rotatable bonds is 1. The predicted octanol–water partition coefficient (Wildman–Crippen LogP) is 3.13. The molecule has 2 aromatic heterocycles. The Balaban J connectivity index is 2.26. The topological polar surface area (TPSA) is 17.8 Å². The monoisotopic (exact) mass is 207 g/mol. The summed E-state index contributed by atoms with van der Waals surface area (Å²) in [4.78, 5) is 4.52. The highest BCUT2D eigenvalue weighted by molar-refractivity contribution is 5.81. The molecule has 0 saturated heterocycles. The maximum Gasteiger partial charge on any atom is 0.137 e. The van der Waals surface area contributed by atoms with E-state index < -0.39 is 0 Å². The molecule has 0 unspecified atom stereocenters. The maximum absolute atomic E-state index is 4.52. The second kappa shape index (κ2) is 3.49. The van der Waals surface area contributed by atoms with E-state index in [-0.39, 0.29) is 0 Å². The smallest absolute Gasteiger partial charge is 0.137 e. The van der Waals surface area contributed by atoms with Gasteiger partial charge in [-0.3, -0.25) is 0 Å². The van der Waals surface area contributed by atoms with Gasteiger partial charge in [-0.1, -0.05) is 12.1 Å². The van der Waals surface area contributed by atoms with Gasteiger partial charge in [-0.05, 0) is 43.3 Å². The van der Waals surface area contributed by atoms with E-state index in [4.69, 9.17) is 0 Å². The van der Waals surface area contributed by atoms with Crippen LogP contribution in [0.4, 0.5) is 0 Å². The fourth-order valence-electron chi connectivity index (χ4n) is 1.89.